The van der Waals surface area contributed by atoms with Crippen LogP contribution in [0, 0.1) is 17.2 Å². The Morgan fingerprint density at radius 3 is 3.12 bits per heavy atom. The second-order valence-electron chi connectivity index (χ2n) is 4.27. The SMILES string of the molecule is N#Cc1cc(Cl)ccc1NCC1CCCOC1. The molecule has 1 unspecified atom stereocenters. The number of rotatable bonds is 3. The molecule has 4 heteroatoms. The van der Waals surface area contributed by atoms with Gasteiger partial charge < -0.3 is 10.1 Å². The number of benzene rings is 1. The van der Waals surface area contributed by atoms with Crippen LogP contribution in [0.4, 0.5) is 5.69 Å². The van der Waals surface area contributed by atoms with Gasteiger partial charge in [-0.2, -0.15) is 5.26 Å². The summed E-state index contributed by atoms with van der Waals surface area (Å²) < 4.78 is 5.42. The first-order chi connectivity index (χ1) is 8.29. The van der Waals surface area contributed by atoms with Crippen LogP contribution in [-0.2, 0) is 4.74 Å². The predicted molar refractivity (Wildman–Crippen MR) is 68.2 cm³/mol. The summed E-state index contributed by atoms with van der Waals surface area (Å²) in [6, 6.07) is 7.47. The largest absolute Gasteiger partial charge is 0.384 e. The molecular formula is C13H15ClN2O. The van der Waals surface area contributed by atoms with Gasteiger partial charge in [-0.25, -0.2) is 0 Å². The summed E-state index contributed by atoms with van der Waals surface area (Å²) in [6.45, 7) is 2.53. The van der Waals surface area contributed by atoms with Gasteiger partial charge in [-0.15, -0.1) is 0 Å². The van der Waals surface area contributed by atoms with Crippen molar-refractivity contribution in [1.29, 1.82) is 5.26 Å². The van der Waals surface area contributed by atoms with Crippen LogP contribution in [-0.4, -0.2) is 19.8 Å². The van der Waals surface area contributed by atoms with E-state index < -0.39 is 0 Å². The predicted octanol–water partition coefficient (Wildman–Crippen LogP) is 3.05. The van der Waals surface area contributed by atoms with E-state index in [1.54, 1.807) is 12.1 Å². The van der Waals surface area contributed by atoms with E-state index in [0.29, 0.717) is 16.5 Å². The van der Waals surface area contributed by atoms with E-state index in [1.165, 1.54) is 6.42 Å². The van der Waals surface area contributed by atoms with Crippen molar-refractivity contribution in [1.82, 2.24) is 0 Å². The van der Waals surface area contributed by atoms with Gasteiger partial charge in [0.25, 0.3) is 0 Å². The van der Waals surface area contributed by atoms with Gasteiger partial charge in [0.2, 0.25) is 0 Å². The number of halogens is 1. The summed E-state index contributed by atoms with van der Waals surface area (Å²) in [7, 11) is 0. The lowest BCUT2D eigenvalue weighted by molar-refractivity contribution is 0.0595. The Hall–Kier alpha value is -1.24. The fraction of sp³-hybridized carbons (Fsp3) is 0.462. The second kappa shape index (κ2) is 5.90. The van der Waals surface area contributed by atoms with E-state index >= 15 is 0 Å². The lowest BCUT2D eigenvalue weighted by Gasteiger charge is -2.22. The maximum absolute atomic E-state index is 9.01. The van der Waals surface area contributed by atoms with Crippen molar-refractivity contribution < 1.29 is 4.74 Å². The summed E-state index contributed by atoms with van der Waals surface area (Å²) in [5.74, 6) is 0.533. The minimum absolute atomic E-state index is 0.533. The van der Waals surface area contributed by atoms with E-state index in [-0.39, 0.29) is 0 Å². The number of hydrogen-bond donors (Lipinski definition) is 1. The monoisotopic (exact) mass is 250 g/mol. The number of nitriles is 1. The molecule has 1 saturated heterocycles. The molecule has 1 aromatic carbocycles. The van der Waals surface area contributed by atoms with Gasteiger partial charge in [-0.1, -0.05) is 11.6 Å². The molecule has 1 fully saturated rings. The molecule has 0 radical (unpaired) electrons. The smallest absolute Gasteiger partial charge is 0.101 e. The molecule has 1 atom stereocenters. The van der Waals surface area contributed by atoms with E-state index in [4.69, 9.17) is 21.6 Å². The van der Waals surface area contributed by atoms with E-state index in [2.05, 4.69) is 11.4 Å². The number of ether oxygens (including phenoxy) is 1. The Morgan fingerprint density at radius 2 is 2.41 bits per heavy atom. The van der Waals surface area contributed by atoms with Crippen molar-refractivity contribution in [2.24, 2.45) is 5.92 Å². The molecule has 17 heavy (non-hydrogen) atoms. The first kappa shape index (κ1) is 12.2. The molecule has 0 spiro atoms. The molecule has 2 rings (SSSR count). The highest BCUT2D eigenvalue weighted by atomic mass is 35.5. The topological polar surface area (TPSA) is 45.0 Å². The molecule has 3 nitrogen and oxygen atoms in total. The third-order valence-corrected chi connectivity index (χ3v) is 3.17. The third kappa shape index (κ3) is 3.36. The minimum atomic E-state index is 0.533. The molecule has 0 bridgehead atoms. The third-order valence-electron chi connectivity index (χ3n) is 2.94. The molecule has 1 aliphatic rings. The van der Waals surface area contributed by atoms with Crippen molar-refractivity contribution in [3.05, 3.63) is 28.8 Å². The first-order valence-corrected chi connectivity index (χ1v) is 6.18. The first-order valence-electron chi connectivity index (χ1n) is 5.81. The number of hydrogen-bond acceptors (Lipinski definition) is 3. The second-order valence-corrected chi connectivity index (χ2v) is 4.70. The van der Waals surface area contributed by atoms with Crippen LogP contribution in [0.2, 0.25) is 5.02 Å². The van der Waals surface area contributed by atoms with Crippen LogP contribution in [0.1, 0.15) is 18.4 Å². The Balaban J connectivity index is 1.96. The van der Waals surface area contributed by atoms with Crippen LogP contribution < -0.4 is 5.32 Å². The number of anilines is 1. The van der Waals surface area contributed by atoms with Crippen molar-refractivity contribution in [3.8, 4) is 6.07 Å². The Kier molecular flexibility index (Phi) is 4.24. The van der Waals surface area contributed by atoms with Gasteiger partial charge in [0.05, 0.1) is 17.9 Å². The highest BCUT2D eigenvalue weighted by Gasteiger charge is 2.14. The van der Waals surface area contributed by atoms with E-state index in [1.807, 2.05) is 6.07 Å². The number of nitrogens with zero attached hydrogens (tertiary/aromatic N) is 1. The molecule has 0 saturated carbocycles. The van der Waals surface area contributed by atoms with Gasteiger partial charge in [0.1, 0.15) is 6.07 Å². The average molecular weight is 251 g/mol. The zero-order valence-electron chi connectivity index (χ0n) is 9.58. The maximum Gasteiger partial charge on any atom is 0.101 e. The van der Waals surface area contributed by atoms with Crippen LogP contribution >= 0.6 is 11.6 Å². The fourth-order valence-corrected chi connectivity index (χ4v) is 2.16. The van der Waals surface area contributed by atoms with Crippen LogP contribution in [0.25, 0.3) is 0 Å². The highest BCUT2D eigenvalue weighted by Crippen LogP contribution is 2.21. The van der Waals surface area contributed by atoms with Crippen molar-refractivity contribution in [3.63, 3.8) is 0 Å². The highest BCUT2D eigenvalue weighted by molar-refractivity contribution is 6.30. The fourth-order valence-electron chi connectivity index (χ4n) is 1.99. The van der Waals surface area contributed by atoms with Gasteiger partial charge in [-0.05, 0) is 37.0 Å². The summed E-state index contributed by atoms with van der Waals surface area (Å²) in [5.41, 5.74) is 1.44. The van der Waals surface area contributed by atoms with Crippen LogP contribution in [0.15, 0.2) is 18.2 Å². The zero-order chi connectivity index (χ0) is 12.1. The normalized spacial score (nSPS) is 19.6. The maximum atomic E-state index is 9.01. The van der Waals surface area contributed by atoms with Crippen molar-refractivity contribution in [2.45, 2.75) is 12.8 Å². The van der Waals surface area contributed by atoms with E-state index in [9.17, 15) is 0 Å². The van der Waals surface area contributed by atoms with Crippen LogP contribution in [0.5, 0.6) is 0 Å². The lowest BCUT2D eigenvalue weighted by atomic mass is 10.0. The van der Waals surface area contributed by atoms with Gasteiger partial charge in [-0.3, -0.25) is 0 Å². The summed E-state index contributed by atoms with van der Waals surface area (Å²) in [4.78, 5) is 0. The van der Waals surface area contributed by atoms with Crippen LogP contribution in [0.3, 0.4) is 0 Å². The average Bonchev–Trinajstić information content (AvgIpc) is 2.38. The molecule has 1 N–H and O–H groups in total. The zero-order valence-corrected chi connectivity index (χ0v) is 10.3. The van der Waals surface area contributed by atoms with Gasteiger partial charge in [0.15, 0.2) is 0 Å². The van der Waals surface area contributed by atoms with Crippen molar-refractivity contribution in [2.75, 3.05) is 25.1 Å². The molecule has 0 aromatic heterocycles. The van der Waals surface area contributed by atoms with Gasteiger partial charge in [0, 0.05) is 18.2 Å². The number of nitrogens with one attached hydrogen (secondary N) is 1. The molecule has 0 aliphatic carbocycles. The molecule has 90 valence electrons. The lowest BCUT2D eigenvalue weighted by Crippen LogP contribution is -2.24. The summed E-state index contributed by atoms with van der Waals surface area (Å²) >= 11 is 5.85. The molecule has 1 heterocycles. The Morgan fingerprint density at radius 1 is 1.53 bits per heavy atom. The van der Waals surface area contributed by atoms with E-state index in [0.717, 1.165) is 31.9 Å². The van der Waals surface area contributed by atoms with Gasteiger partial charge >= 0.3 is 0 Å². The standard InChI is InChI=1S/C13H15ClN2O/c14-12-3-4-13(11(6-12)7-15)16-8-10-2-1-5-17-9-10/h3-4,6,10,16H,1-2,5,8-9H2. The Bertz CT molecular complexity index is 422. The quantitative estimate of drug-likeness (QED) is 0.897. The van der Waals surface area contributed by atoms with Crippen molar-refractivity contribution >= 4 is 17.3 Å². The molecule has 0 amide bonds. The summed E-state index contributed by atoms with van der Waals surface area (Å²) in [5, 5.41) is 12.9. The summed E-state index contributed by atoms with van der Waals surface area (Å²) in [6.07, 6.45) is 2.31. The molecular weight excluding hydrogens is 236 g/mol. The minimum Gasteiger partial charge on any atom is -0.384 e. The molecule has 1 aromatic rings. The Labute approximate surface area is 106 Å². The molecule has 1 aliphatic heterocycles.